The molecular weight excluding hydrogens is 286 g/mol. The van der Waals surface area contributed by atoms with Gasteiger partial charge in [0, 0.05) is 5.92 Å². The van der Waals surface area contributed by atoms with Crippen LogP contribution in [-0.2, 0) is 4.79 Å². The van der Waals surface area contributed by atoms with Gasteiger partial charge in [0.15, 0.2) is 18.2 Å². The Morgan fingerprint density at radius 3 is 2.59 bits per heavy atom. The summed E-state index contributed by atoms with van der Waals surface area (Å²) in [5, 5.41) is 8.00. The molecule has 120 valence electrons. The number of methoxy groups -OCH3 is 1. The Bertz CT molecular complexity index is 515. The summed E-state index contributed by atoms with van der Waals surface area (Å²) in [4.78, 5) is 23.6. The van der Waals surface area contributed by atoms with E-state index in [1.165, 1.54) is 0 Å². The Morgan fingerprint density at radius 2 is 1.91 bits per heavy atom. The van der Waals surface area contributed by atoms with Crippen LogP contribution in [0.3, 0.4) is 0 Å². The molecule has 2 rings (SSSR count). The molecule has 0 spiro atoms. The number of nitrogens with one attached hydrogen (secondary N) is 3. The summed E-state index contributed by atoms with van der Waals surface area (Å²) in [7, 11) is 1.54. The maximum absolute atomic E-state index is 11.9. The summed E-state index contributed by atoms with van der Waals surface area (Å²) in [5.74, 6) is 0.754. The highest BCUT2D eigenvalue weighted by molar-refractivity contribution is 5.95. The summed E-state index contributed by atoms with van der Waals surface area (Å²) < 4.78 is 10.5. The Labute approximate surface area is 129 Å². The highest BCUT2D eigenvalue weighted by atomic mass is 16.5. The van der Waals surface area contributed by atoms with Gasteiger partial charge in [0.05, 0.1) is 7.11 Å². The number of benzene rings is 1. The number of amides is 3. The number of hydrogen-bond donors (Lipinski definition) is 3. The lowest BCUT2D eigenvalue weighted by Gasteiger charge is -2.21. The number of piperidine rings is 1. The predicted octanol–water partition coefficient (Wildman–Crippen LogP) is 0.857. The number of carbonyl (C=O) groups excluding carboxylic acids is 2. The molecule has 1 saturated heterocycles. The van der Waals surface area contributed by atoms with Crippen molar-refractivity contribution < 1.29 is 19.1 Å². The minimum atomic E-state index is -0.557. The van der Waals surface area contributed by atoms with E-state index in [2.05, 4.69) is 16.0 Å². The van der Waals surface area contributed by atoms with Crippen LogP contribution >= 0.6 is 0 Å². The Hall–Kier alpha value is -2.28. The molecule has 22 heavy (non-hydrogen) atoms. The van der Waals surface area contributed by atoms with Crippen LogP contribution in [0.4, 0.5) is 4.79 Å². The predicted molar refractivity (Wildman–Crippen MR) is 80.8 cm³/mol. The molecule has 7 heteroatoms. The standard InChI is InChI=1S/C15H21N3O4/c1-21-12-4-2-3-5-13(12)22-10-17-15(20)18-14(19)11-6-8-16-9-7-11/h2-5,11,16H,6-10H2,1H3,(H2,17,18,19,20). The molecule has 1 aliphatic rings. The molecule has 3 amide bonds. The third-order valence-corrected chi connectivity index (χ3v) is 3.48. The number of para-hydroxylation sites is 2. The van der Waals surface area contributed by atoms with Gasteiger partial charge in [-0.1, -0.05) is 12.1 Å². The molecule has 1 aliphatic heterocycles. The van der Waals surface area contributed by atoms with Gasteiger partial charge in [-0.3, -0.25) is 10.1 Å². The van der Waals surface area contributed by atoms with Crippen molar-refractivity contribution in [2.24, 2.45) is 5.92 Å². The van der Waals surface area contributed by atoms with Crippen molar-refractivity contribution in [2.75, 3.05) is 26.9 Å². The van der Waals surface area contributed by atoms with Crippen LogP contribution in [0.1, 0.15) is 12.8 Å². The van der Waals surface area contributed by atoms with E-state index < -0.39 is 6.03 Å². The second kappa shape index (κ2) is 8.23. The molecule has 0 atom stereocenters. The van der Waals surface area contributed by atoms with Crippen molar-refractivity contribution in [1.82, 2.24) is 16.0 Å². The number of imide groups is 1. The minimum Gasteiger partial charge on any atom is -0.493 e. The number of ether oxygens (including phenoxy) is 2. The van der Waals surface area contributed by atoms with E-state index >= 15 is 0 Å². The molecular formula is C15H21N3O4. The van der Waals surface area contributed by atoms with Crippen LogP contribution < -0.4 is 25.4 Å². The topological polar surface area (TPSA) is 88.7 Å². The molecule has 1 heterocycles. The summed E-state index contributed by atoms with van der Waals surface area (Å²) in [5.41, 5.74) is 0. The number of carbonyl (C=O) groups is 2. The molecule has 1 aromatic rings. The lowest BCUT2D eigenvalue weighted by Crippen LogP contribution is -2.45. The van der Waals surface area contributed by atoms with Crippen LogP contribution in [0.5, 0.6) is 11.5 Å². The highest BCUT2D eigenvalue weighted by Crippen LogP contribution is 2.25. The van der Waals surface area contributed by atoms with Crippen LogP contribution in [0, 0.1) is 5.92 Å². The lowest BCUT2D eigenvalue weighted by molar-refractivity contribution is -0.124. The van der Waals surface area contributed by atoms with Gasteiger partial charge in [-0.05, 0) is 38.1 Å². The Balaban J connectivity index is 1.72. The van der Waals surface area contributed by atoms with E-state index in [0.717, 1.165) is 25.9 Å². The molecule has 0 bridgehead atoms. The average molecular weight is 307 g/mol. The highest BCUT2D eigenvalue weighted by Gasteiger charge is 2.22. The SMILES string of the molecule is COc1ccccc1OCNC(=O)NC(=O)C1CCNCC1. The molecule has 0 aliphatic carbocycles. The molecule has 0 saturated carbocycles. The molecule has 0 unspecified atom stereocenters. The second-order valence-corrected chi connectivity index (χ2v) is 4.96. The fourth-order valence-corrected chi connectivity index (χ4v) is 2.26. The zero-order chi connectivity index (χ0) is 15.8. The van der Waals surface area contributed by atoms with E-state index in [4.69, 9.17) is 9.47 Å². The first kappa shape index (κ1) is 16.1. The van der Waals surface area contributed by atoms with Gasteiger partial charge in [-0.25, -0.2) is 4.79 Å². The number of hydrogen-bond acceptors (Lipinski definition) is 5. The van der Waals surface area contributed by atoms with Crippen LogP contribution in [0.25, 0.3) is 0 Å². The first-order valence-corrected chi connectivity index (χ1v) is 7.26. The Morgan fingerprint density at radius 1 is 1.23 bits per heavy atom. The summed E-state index contributed by atoms with van der Waals surface area (Å²) in [6.07, 6.45) is 1.49. The largest absolute Gasteiger partial charge is 0.493 e. The molecule has 0 aromatic heterocycles. The minimum absolute atomic E-state index is 0.0499. The maximum Gasteiger partial charge on any atom is 0.324 e. The summed E-state index contributed by atoms with van der Waals surface area (Å²) in [6.45, 7) is 1.55. The van der Waals surface area contributed by atoms with Crippen molar-refractivity contribution in [3.05, 3.63) is 24.3 Å². The molecule has 0 radical (unpaired) electrons. The van der Waals surface area contributed by atoms with Crippen LogP contribution in [0.2, 0.25) is 0 Å². The molecule has 1 fully saturated rings. The zero-order valence-electron chi connectivity index (χ0n) is 12.6. The van der Waals surface area contributed by atoms with Gasteiger partial charge in [0.2, 0.25) is 5.91 Å². The van der Waals surface area contributed by atoms with Crippen LogP contribution in [-0.4, -0.2) is 38.9 Å². The third kappa shape index (κ3) is 4.63. The lowest BCUT2D eigenvalue weighted by atomic mass is 9.97. The first-order valence-electron chi connectivity index (χ1n) is 7.26. The van der Waals surface area contributed by atoms with E-state index in [9.17, 15) is 9.59 Å². The quantitative estimate of drug-likeness (QED) is 0.702. The van der Waals surface area contributed by atoms with Gasteiger partial charge in [-0.2, -0.15) is 0 Å². The van der Waals surface area contributed by atoms with Gasteiger partial charge in [0.25, 0.3) is 0 Å². The van der Waals surface area contributed by atoms with Crippen molar-refractivity contribution in [1.29, 1.82) is 0 Å². The number of urea groups is 1. The van der Waals surface area contributed by atoms with Crippen molar-refractivity contribution in [3.8, 4) is 11.5 Å². The normalized spacial score (nSPS) is 15.0. The first-order chi connectivity index (χ1) is 10.7. The summed E-state index contributed by atoms with van der Waals surface area (Å²) in [6, 6.07) is 6.56. The van der Waals surface area contributed by atoms with E-state index in [1.807, 2.05) is 6.07 Å². The third-order valence-electron chi connectivity index (χ3n) is 3.48. The number of rotatable bonds is 5. The van der Waals surface area contributed by atoms with Crippen molar-refractivity contribution in [2.45, 2.75) is 12.8 Å². The monoisotopic (exact) mass is 307 g/mol. The molecule has 1 aromatic carbocycles. The van der Waals surface area contributed by atoms with Crippen molar-refractivity contribution >= 4 is 11.9 Å². The molecule has 3 N–H and O–H groups in total. The van der Waals surface area contributed by atoms with Crippen LogP contribution in [0.15, 0.2) is 24.3 Å². The maximum atomic E-state index is 11.9. The van der Waals surface area contributed by atoms with E-state index in [1.54, 1.807) is 25.3 Å². The van der Waals surface area contributed by atoms with Gasteiger partial charge in [-0.15, -0.1) is 0 Å². The molecule has 7 nitrogen and oxygen atoms in total. The van der Waals surface area contributed by atoms with Crippen molar-refractivity contribution in [3.63, 3.8) is 0 Å². The smallest absolute Gasteiger partial charge is 0.324 e. The van der Waals surface area contributed by atoms with E-state index in [0.29, 0.717) is 11.5 Å². The van der Waals surface area contributed by atoms with E-state index in [-0.39, 0.29) is 18.6 Å². The van der Waals surface area contributed by atoms with Gasteiger partial charge >= 0.3 is 6.03 Å². The average Bonchev–Trinajstić information content (AvgIpc) is 2.56. The summed E-state index contributed by atoms with van der Waals surface area (Å²) >= 11 is 0. The van der Waals surface area contributed by atoms with Gasteiger partial charge in [0.1, 0.15) is 0 Å². The fraction of sp³-hybridized carbons (Fsp3) is 0.467. The second-order valence-electron chi connectivity index (χ2n) is 4.96. The van der Waals surface area contributed by atoms with Gasteiger partial charge < -0.3 is 20.1 Å². The zero-order valence-corrected chi connectivity index (χ0v) is 12.6. The Kier molecular flexibility index (Phi) is 6.02. The fourth-order valence-electron chi connectivity index (χ4n) is 2.26.